The molecule has 0 spiro atoms. The highest BCUT2D eigenvalue weighted by molar-refractivity contribution is 5.87. The molecule has 0 atom stereocenters. The zero-order valence-electron chi connectivity index (χ0n) is 11.9. The van der Waals surface area contributed by atoms with Gasteiger partial charge in [-0.1, -0.05) is 12.8 Å². The van der Waals surface area contributed by atoms with Gasteiger partial charge in [-0.3, -0.25) is 4.90 Å². The molecule has 1 heterocycles. The summed E-state index contributed by atoms with van der Waals surface area (Å²) in [5, 5.41) is 6.84. The second kappa shape index (κ2) is 7.11. The number of alkyl halides is 3. The number of halogens is 3. The summed E-state index contributed by atoms with van der Waals surface area (Å²) < 4.78 is 36.7. The molecule has 0 aromatic heterocycles. The number of hydrogen-bond donors (Lipinski definition) is 2. The number of hydrazone groups is 1. The van der Waals surface area contributed by atoms with E-state index in [-0.39, 0.29) is 12.1 Å². The van der Waals surface area contributed by atoms with E-state index in [1.807, 2.05) is 0 Å². The van der Waals surface area contributed by atoms with Crippen LogP contribution in [0.25, 0.3) is 0 Å². The Balaban J connectivity index is 1.68. The quantitative estimate of drug-likeness (QED) is 0.786. The smallest absolute Gasteiger partial charge is 0.334 e. The van der Waals surface area contributed by atoms with Gasteiger partial charge in [0, 0.05) is 37.7 Å². The van der Waals surface area contributed by atoms with Gasteiger partial charge in [0.2, 0.25) is 0 Å². The molecule has 8 heteroatoms. The van der Waals surface area contributed by atoms with Gasteiger partial charge in [-0.2, -0.15) is 18.3 Å². The van der Waals surface area contributed by atoms with Gasteiger partial charge in [-0.05, 0) is 12.8 Å². The molecule has 0 aromatic carbocycles. The third-order valence-electron chi connectivity index (χ3n) is 3.84. The van der Waals surface area contributed by atoms with Gasteiger partial charge < -0.3 is 5.32 Å². The van der Waals surface area contributed by atoms with Crippen LogP contribution in [0.2, 0.25) is 0 Å². The zero-order valence-corrected chi connectivity index (χ0v) is 11.9. The Morgan fingerprint density at radius 2 is 1.86 bits per heavy atom. The lowest BCUT2D eigenvalue weighted by atomic mass is 10.1. The number of piperidine rings is 1. The van der Waals surface area contributed by atoms with Crippen LogP contribution < -0.4 is 10.7 Å². The van der Waals surface area contributed by atoms with E-state index in [1.54, 1.807) is 0 Å². The lowest BCUT2D eigenvalue weighted by Crippen LogP contribution is -2.42. The number of likely N-dealkylation sites (tertiary alicyclic amines) is 1. The van der Waals surface area contributed by atoms with Crippen molar-refractivity contribution in [2.45, 2.75) is 50.7 Å². The van der Waals surface area contributed by atoms with E-state index in [0.29, 0.717) is 25.9 Å². The topological polar surface area (TPSA) is 56.7 Å². The van der Waals surface area contributed by atoms with Gasteiger partial charge in [0.25, 0.3) is 0 Å². The molecule has 2 N–H and O–H groups in total. The molecule has 21 heavy (non-hydrogen) atoms. The second-order valence-electron chi connectivity index (χ2n) is 5.64. The number of hydrogen-bond acceptors (Lipinski definition) is 3. The number of urea groups is 1. The summed E-state index contributed by atoms with van der Waals surface area (Å²) in [4.78, 5) is 13.0. The molecular formula is C13H21F3N4O. The van der Waals surface area contributed by atoms with E-state index >= 15 is 0 Å². The van der Waals surface area contributed by atoms with Gasteiger partial charge in [-0.25, -0.2) is 10.2 Å². The third-order valence-corrected chi connectivity index (χ3v) is 3.84. The van der Waals surface area contributed by atoms with Gasteiger partial charge in [0.05, 0.1) is 6.54 Å². The molecule has 2 amide bonds. The minimum Gasteiger partial charge on any atom is -0.334 e. The van der Waals surface area contributed by atoms with Crippen molar-refractivity contribution in [3.8, 4) is 0 Å². The first-order chi connectivity index (χ1) is 9.92. The Morgan fingerprint density at radius 1 is 1.24 bits per heavy atom. The van der Waals surface area contributed by atoms with Crippen LogP contribution in [-0.2, 0) is 0 Å². The first-order valence-corrected chi connectivity index (χ1v) is 7.33. The lowest BCUT2D eigenvalue weighted by Gasteiger charge is -2.28. The Morgan fingerprint density at radius 3 is 2.43 bits per heavy atom. The fraction of sp³-hybridized carbons (Fsp3) is 0.846. The highest BCUT2D eigenvalue weighted by Crippen LogP contribution is 2.19. The van der Waals surface area contributed by atoms with E-state index in [2.05, 4.69) is 15.8 Å². The first kappa shape index (κ1) is 16.1. The van der Waals surface area contributed by atoms with Crippen LogP contribution in [0, 0.1) is 0 Å². The molecule has 0 radical (unpaired) electrons. The van der Waals surface area contributed by atoms with Crippen molar-refractivity contribution in [1.29, 1.82) is 0 Å². The maximum Gasteiger partial charge on any atom is 0.401 e. The number of rotatable bonds is 3. The van der Waals surface area contributed by atoms with Crippen LogP contribution in [0.4, 0.5) is 18.0 Å². The highest BCUT2D eigenvalue weighted by atomic mass is 19.4. The van der Waals surface area contributed by atoms with Crippen LogP contribution in [0.15, 0.2) is 5.10 Å². The van der Waals surface area contributed by atoms with Crippen LogP contribution in [0.1, 0.15) is 38.5 Å². The lowest BCUT2D eigenvalue weighted by molar-refractivity contribution is -0.146. The predicted molar refractivity (Wildman–Crippen MR) is 73.1 cm³/mol. The molecule has 120 valence electrons. The summed E-state index contributed by atoms with van der Waals surface area (Å²) in [7, 11) is 0. The molecule has 2 rings (SSSR count). The number of carbonyl (C=O) groups excluding carboxylic acids is 1. The van der Waals surface area contributed by atoms with Crippen LogP contribution in [0.3, 0.4) is 0 Å². The van der Waals surface area contributed by atoms with Crippen LogP contribution in [-0.4, -0.2) is 48.5 Å². The summed E-state index contributed by atoms with van der Waals surface area (Å²) >= 11 is 0. The summed E-state index contributed by atoms with van der Waals surface area (Å²) in [5.74, 6) is 0. The Bertz CT molecular complexity index is 381. The Labute approximate surface area is 121 Å². The Kier molecular flexibility index (Phi) is 5.44. The summed E-state index contributed by atoms with van der Waals surface area (Å²) in [5.41, 5.74) is 3.18. The maximum atomic E-state index is 12.2. The average molecular weight is 306 g/mol. The van der Waals surface area contributed by atoms with Crippen LogP contribution in [0.5, 0.6) is 0 Å². The highest BCUT2D eigenvalue weighted by Gasteiger charge is 2.31. The molecule has 0 unspecified atom stereocenters. The van der Waals surface area contributed by atoms with Crippen molar-refractivity contribution < 1.29 is 18.0 Å². The molecular weight excluding hydrogens is 285 g/mol. The molecule has 5 nitrogen and oxygen atoms in total. The SMILES string of the molecule is O=C(NN=C1CCN(CC(F)(F)F)CC1)NC1CCCC1. The molecule has 2 fully saturated rings. The van der Waals surface area contributed by atoms with E-state index in [9.17, 15) is 18.0 Å². The van der Waals surface area contributed by atoms with Crippen LogP contribution >= 0.6 is 0 Å². The van der Waals surface area contributed by atoms with E-state index in [0.717, 1.165) is 31.4 Å². The minimum absolute atomic E-state index is 0.221. The average Bonchev–Trinajstić information content (AvgIpc) is 2.89. The fourth-order valence-electron chi connectivity index (χ4n) is 2.75. The first-order valence-electron chi connectivity index (χ1n) is 7.33. The summed E-state index contributed by atoms with van der Waals surface area (Å²) in [6, 6.07) is -0.106. The largest absolute Gasteiger partial charge is 0.401 e. The zero-order chi connectivity index (χ0) is 15.3. The van der Waals surface area contributed by atoms with Crippen molar-refractivity contribution in [3.63, 3.8) is 0 Å². The predicted octanol–water partition coefficient (Wildman–Crippen LogP) is 2.24. The molecule has 1 aliphatic heterocycles. The van der Waals surface area contributed by atoms with Crippen molar-refractivity contribution in [3.05, 3.63) is 0 Å². The molecule has 0 bridgehead atoms. The molecule has 0 aromatic rings. The minimum atomic E-state index is -4.16. The fourth-order valence-corrected chi connectivity index (χ4v) is 2.75. The van der Waals surface area contributed by atoms with E-state index < -0.39 is 12.7 Å². The van der Waals surface area contributed by atoms with Gasteiger partial charge >= 0.3 is 12.2 Å². The maximum absolute atomic E-state index is 12.2. The summed E-state index contributed by atoms with van der Waals surface area (Å²) in [6.45, 7) is -0.232. The Hall–Kier alpha value is -1.31. The third kappa shape index (κ3) is 5.91. The van der Waals surface area contributed by atoms with Crippen molar-refractivity contribution >= 4 is 11.7 Å². The molecule has 1 aliphatic carbocycles. The van der Waals surface area contributed by atoms with Gasteiger partial charge in [0.1, 0.15) is 0 Å². The normalized spacial score (nSPS) is 21.4. The van der Waals surface area contributed by atoms with Gasteiger partial charge in [0.15, 0.2) is 0 Å². The molecule has 1 saturated carbocycles. The standard InChI is InChI=1S/C13H21F3N4O/c14-13(15,16)9-20-7-5-11(6-8-20)18-19-12(21)17-10-3-1-2-4-10/h10H,1-9H2,(H2,17,19,21). The number of carbonyl (C=O) groups is 1. The molecule has 2 aliphatic rings. The van der Waals surface area contributed by atoms with Gasteiger partial charge in [-0.15, -0.1) is 0 Å². The second-order valence-corrected chi connectivity index (χ2v) is 5.64. The number of amides is 2. The van der Waals surface area contributed by atoms with Crippen molar-refractivity contribution in [2.75, 3.05) is 19.6 Å². The van der Waals surface area contributed by atoms with Crippen molar-refractivity contribution in [2.24, 2.45) is 5.10 Å². The van der Waals surface area contributed by atoms with E-state index in [1.165, 1.54) is 4.90 Å². The monoisotopic (exact) mass is 306 g/mol. The number of nitrogens with zero attached hydrogens (tertiary/aromatic N) is 2. The van der Waals surface area contributed by atoms with Crippen molar-refractivity contribution in [1.82, 2.24) is 15.6 Å². The van der Waals surface area contributed by atoms with E-state index in [4.69, 9.17) is 0 Å². The summed E-state index contributed by atoms with van der Waals surface area (Å²) in [6.07, 6.45) is 1.02. The molecule has 1 saturated heterocycles. The number of nitrogens with one attached hydrogen (secondary N) is 2.